The van der Waals surface area contributed by atoms with Crippen molar-refractivity contribution in [3.63, 3.8) is 0 Å². The van der Waals surface area contributed by atoms with E-state index >= 15 is 0 Å². The maximum atomic E-state index is 13.4. The summed E-state index contributed by atoms with van der Waals surface area (Å²) in [6, 6.07) is 9.28. The second-order valence-corrected chi connectivity index (χ2v) is 3.58. The van der Waals surface area contributed by atoms with Gasteiger partial charge in [0.2, 0.25) is 0 Å². The van der Waals surface area contributed by atoms with Gasteiger partial charge in [0, 0.05) is 13.2 Å². The predicted molar refractivity (Wildman–Crippen MR) is 68.1 cm³/mol. The Morgan fingerprint density at radius 1 is 1.22 bits per heavy atom. The van der Waals surface area contributed by atoms with E-state index in [0.717, 1.165) is 0 Å². The van der Waals surface area contributed by atoms with Crippen LogP contribution in [-0.4, -0.2) is 17.9 Å². The second kappa shape index (κ2) is 5.27. The Morgan fingerprint density at radius 2 is 2.00 bits per heavy atom. The first-order valence-electron chi connectivity index (χ1n) is 5.41. The van der Waals surface area contributed by atoms with Crippen molar-refractivity contribution in [3.05, 3.63) is 54.0 Å². The summed E-state index contributed by atoms with van der Waals surface area (Å²) in [5.74, 6) is -0.426. The van der Waals surface area contributed by atoms with Crippen LogP contribution in [0.5, 0.6) is 0 Å². The van der Waals surface area contributed by atoms with Crippen LogP contribution in [0.25, 0.3) is 0 Å². The summed E-state index contributed by atoms with van der Waals surface area (Å²) in [5.41, 5.74) is 0.511. The highest BCUT2D eigenvalue weighted by molar-refractivity contribution is 6.07. The molecule has 2 rings (SSSR count). The number of halogens is 1. The smallest absolute Gasteiger partial charge is 0.259 e. The summed E-state index contributed by atoms with van der Waals surface area (Å²) < 4.78 is 13.4. The van der Waals surface area contributed by atoms with Gasteiger partial charge in [0.25, 0.3) is 5.91 Å². The number of rotatable bonds is 3. The fourth-order valence-corrected chi connectivity index (χ4v) is 1.54. The normalized spacial score (nSPS) is 9.89. The molecule has 0 atom stereocenters. The molecule has 1 amide bonds. The third-order valence-electron chi connectivity index (χ3n) is 2.41. The van der Waals surface area contributed by atoms with Crippen LogP contribution in [0.15, 0.2) is 42.6 Å². The van der Waals surface area contributed by atoms with Crippen molar-refractivity contribution in [2.24, 2.45) is 0 Å². The molecule has 4 nitrogen and oxygen atoms in total. The molecule has 0 aliphatic heterocycles. The van der Waals surface area contributed by atoms with Crippen molar-refractivity contribution in [1.82, 2.24) is 4.98 Å². The van der Waals surface area contributed by atoms with Gasteiger partial charge in [-0.3, -0.25) is 4.79 Å². The molecule has 92 valence electrons. The number of hydrogen-bond acceptors (Lipinski definition) is 3. The fraction of sp³-hybridized carbons (Fsp3) is 0.0769. The van der Waals surface area contributed by atoms with E-state index in [1.165, 1.54) is 12.1 Å². The molecule has 0 spiro atoms. The maximum Gasteiger partial charge on any atom is 0.259 e. The number of amides is 1. The Kier molecular flexibility index (Phi) is 3.52. The molecule has 1 aromatic carbocycles. The van der Waals surface area contributed by atoms with Crippen LogP contribution in [0.1, 0.15) is 10.4 Å². The summed E-state index contributed by atoms with van der Waals surface area (Å²) in [6.45, 7) is 0. The van der Waals surface area contributed by atoms with Crippen LogP contribution in [0.4, 0.5) is 15.9 Å². The van der Waals surface area contributed by atoms with E-state index in [4.69, 9.17) is 0 Å². The Labute approximate surface area is 104 Å². The third-order valence-corrected chi connectivity index (χ3v) is 2.41. The highest BCUT2D eigenvalue weighted by Crippen LogP contribution is 2.16. The molecule has 2 N–H and O–H groups in total. The van der Waals surface area contributed by atoms with Crippen LogP contribution in [0, 0.1) is 5.82 Å². The lowest BCUT2D eigenvalue weighted by Gasteiger charge is -2.09. The lowest BCUT2D eigenvalue weighted by atomic mass is 10.2. The Bertz CT molecular complexity index is 572. The SMILES string of the molecule is CNc1ncccc1C(=O)Nc1ccccc1F. The number of carbonyl (C=O) groups excluding carboxylic acids is 1. The van der Waals surface area contributed by atoms with Crippen LogP contribution in [0.3, 0.4) is 0 Å². The molecule has 2 aromatic rings. The molecule has 1 aromatic heterocycles. The van der Waals surface area contributed by atoms with Crippen molar-refractivity contribution >= 4 is 17.4 Å². The van der Waals surface area contributed by atoms with Crippen LogP contribution < -0.4 is 10.6 Å². The van der Waals surface area contributed by atoms with Crippen molar-refractivity contribution in [3.8, 4) is 0 Å². The van der Waals surface area contributed by atoms with Gasteiger partial charge in [-0.1, -0.05) is 12.1 Å². The molecule has 18 heavy (non-hydrogen) atoms. The zero-order valence-corrected chi connectivity index (χ0v) is 9.77. The molecule has 0 saturated heterocycles. The average molecular weight is 245 g/mol. The van der Waals surface area contributed by atoms with E-state index in [9.17, 15) is 9.18 Å². The van der Waals surface area contributed by atoms with Crippen LogP contribution in [0.2, 0.25) is 0 Å². The molecule has 0 fully saturated rings. The van der Waals surface area contributed by atoms with Crippen molar-refractivity contribution in [1.29, 1.82) is 0 Å². The number of benzene rings is 1. The van der Waals surface area contributed by atoms with Gasteiger partial charge >= 0.3 is 0 Å². The van der Waals surface area contributed by atoms with Crippen molar-refractivity contribution < 1.29 is 9.18 Å². The fourth-order valence-electron chi connectivity index (χ4n) is 1.54. The highest BCUT2D eigenvalue weighted by atomic mass is 19.1. The Balaban J connectivity index is 2.25. The Hall–Kier alpha value is -2.43. The molecule has 0 saturated carbocycles. The lowest BCUT2D eigenvalue weighted by molar-refractivity contribution is 0.102. The van der Waals surface area contributed by atoms with Crippen molar-refractivity contribution in [2.75, 3.05) is 17.7 Å². The number of aromatic nitrogens is 1. The number of anilines is 2. The zero-order valence-electron chi connectivity index (χ0n) is 9.77. The molecular formula is C13H12FN3O. The topological polar surface area (TPSA) is 54.0 Å². The first-order chi connectivity index (χ1) is 8.72. The van der Waals surface area contributed by atoms with Crippen LogP contribution in [-0.2, 0) is 0 Å². The van der Waals surface area contributed by atoms with Gasteiger partial charge in [-0.15, -0.1) is 0 Å². The maximum absolute atomic E-state index is 13.4. The number of pyridine rings is 1. The summed E-state index contributed by atoms with van der Waals surface area (Å²) in [6.07, 6.45) is 1.58. The zero-order chi connectivity index (χ0) is 13.0. The second-order valence-electron chi connectivity index (χ2n) is 3.58. The van der Waals surface area contributed by atoms with E-state index in [-0.39, 0.29) is 5.69 Å². The minimum absolute atomic E-state index is 0.147. The number of para-hydroxylation sites is 1. The van der Waals surface area contributed by atoms with E-state index in [1.54, 1.807) is 37.5 Å². The van der Waals surface area contributed by atoms with Gasteiger partial charge in [-0.2, -0.15) is 0 Å². The van der Waals surface area contributed by atoms with Crippen LogP contribution >= 0.6 is 0 Å². The molecule has 1 heterocycles. The predicted octanol–water partition coefficient (Wildman–Crippen LogP) is 2.51. The van der Waals surface area contributed by atoms with E-state index in [0.29, 0.717) is 11.4 Å². The monoisotopic (exact) mass is 245 g/mol. The number of nitrogens with zero attached hydrogens (tertiary/aromatic N) is 1. The lowest BCUT2D eigenvalue weighted by Crippen LogP contribution is -2.15. The van der Waals surface area contributed by atoms with Gasteiger partial charge in [0.05, 0.1) is 11.3 Å². The van der Waals surface area contributed by atoms with E-state index < -0.39 is 11.7 Å². The minimum atomic E-state index is -0.472. The van der Waals surface area contributed by atoms with Gasteiger partial charge in [-0.25, -0.2) is 9.37 Å². The quantitative estimate of drug-likeness (QED) is 0.873. The first kappa shape index (κ1) is 12.0. The summed E-state index contributed by atoms with van der Waals surface area (Å²) in [5, 5.41) is 5.32. The largest absolute Gasteiger partial charge is 0.372 e. The molecule has 0 radical (unpaired) electrons. The van der Waals surface area contributed by atoms with Gasteiger partial charge in [0.15, 0.2) is 0 Å². The van der Waals surface area contributed by atoms with Gasteiger partial charge in [0.1, 0.15) is 11.6 Å². The highest BCUT2D eigenvalue weighted by Gasteiger charge is 2.12. The minimum Gasteiger partial charge on any atom is -0.372 e. The molecule has 0 aliphatic carbocycles. The number of carbonyl (C=O) groups is 1. The third kappa shape index (κ3) is 2.45. The van der Waals surface area contributed by atoms with E-state index in [1.807, 2.05) is 0 Å². The van der Waals surface area contributed by atoms with Gasteiger partial charge in [-0.05, 0) is 24.3 Å². The summed E-state index contributed by atoms with van der Waals surface area (Å²) in [7, 11) is 1.67. The Morgan fingerprint density at radius 3 is 2.72 bits per heavy atom. The first-order valence-corrected chi connectivity index (χ1v) is 5.41. The molecule has 5 heteroatoms. The molecular weight excluding hydrogens is 233 g/mol. The summed E-state index contributed by atoms with van der Waals surface area (Å²) in [4.78, 5) is 16.0. The summed E-state index contributed by atoms with van der Waals surface area (Å²) >= 11 is 0. The molecule has 0 bridgehead atoms. The molecule has 0 aliphatic rings. The molecule has 0 unspecified atom stereocenters. The van der Waals surface area contributed by atoms with Gasteiger partial charge < -0.3 is 10.6 Å². The standard InChI is InChI=1S/C13H12FN3O/c1-15-12-9(5-4-8-16-12)13(18)17-11-7-3-2-6-10(11)14/h2-8H,1H3,(H,15,16)(H,17,18). The van der Waals surface area contributed by atoms with Crippen molar-refractivity contribution in [2.45, 2.75) is 0 Å². The van der Waals surface area contributed by atoms with E-state index in [2.05, 4.69) is 15.6 Å². The number of hydrogen-bond donors (Lipinski definition) is 2. The number of nitrogens with one attached hydrogen (secondary N) is 2. The average Bonchev–Trinajstić information content (AvgIpc) is 2.41.